The van der Waals surface area contributed by atoms with Gasteiger partial charge >= 0.3 is 0 Å². The lowest BCUT2D eigenvalue weighted by Crippen LogP contribution is -2.25. The van der Waals surface area contributed by atoms with Crippen molar-refractivity contribution >= 4 is 21.4 Å². The highest BCUT2D eigenvalue weighted by atomic mass is 32.2. The molecular weight excluding hydrogens is 304 g/mol. The number of benzene rings is 1. The number of hydrogen-bond acceptors (Lipinski definition) is 4. The van der Waals surface area contributed by atoms with Crippen molar-refractivity contribution in [2.45, 2.75) is 24.8 Å². The Hall–Kier alpha value is -1.21. The zero-order chi connectivity index (χ0) is 15.3. The van der Waals surface area contributed by atoms with Gasteiger partial charge in [-0.15, -0.1) is 11.3 Å². The monoisotopic (exact) mass is 324 g/mol. The Morgan fingerprint density at radius 3 is 2.71 bits per heavy atom. The standard InChI is InChI=1S/C15H20N2O2S2/c1-12-5-3-4-6-13(12)7-8-17-21(18,19)15-9-14(10-16-2)20-11-15/h3-6,9,11,16-17H,7-8,10H2,1-2H3. The summed E-state index contributed by atoms with van der Waals surface area (Å²) in [6.45, 7) is 3.13. The molecule has 2 rings (SSSR count). The normalized spacial score (nSPS) is 11.7. The second-order valence-corrected chi connectivity index (χ2v) is 7.62. The van der Waals surface area contributed by atoms with Crippen LogP contribution in [0.4, 0.5) is 0 Å². The lowest BCUT2D eigenvalue weighted by Gasteiger charge is -2.07. The Kier molecular flexibility index (Phi) is 5.52. The molecule has 0 fully saturated rings. The molecule has 0 atom stereocenters. The third-order valence-corrected chi connectivity index (χ3v) is 5.77. The molecule has 0 spiro atoms. The van der Waals surface area contributed by atoms with Crippen LogP contribution in [0.1, 0.15) is 16.0 Å². The Bertz CT molecular complexity index is 693. The molecule has 1 heterocycles. The van der Waals surface area contributed by atoms with Crippen molar-refractivity contribution in [1.82, 2.24) is 10.0 Å². The van der Waals surface area contributed by atoms with E-state index in [9.17, 15) is 8.42 Å². The molecule has 6 heteroatoms. The van der Waals surface area contributed by atoms with Crippen molar-refractivity contribution in [3.05, 3.63) is 51.7 Å². The summed E-state index contributed by atoms with van der Waals surface area (Å²) in [5, 5.41) is 4.70. The van der Waals surface area contributed by atoms with Crippen molar-refractivity contribution in [1.29, 1.82) is 0 Å². The molecule has 2 aromatic rings. The molecule has 2 N–H and O–H groups in total. The molecule has 0 radical (unpaired) electrons. The maximum absolute atomic E-state index is 12.2. The van der Waals surface area contributed by atoms with Crippen LogP contribution in [0.25, 0.3) is 0 Å². The van der Waals surface area contributed by atoms with E-state index in [-0.39, 0.29) is 0 Å². The second-order valence-electron chi connectivity index (χ2n) is 4.85. The quantitative estimate of drug-likeness (QED) is 0.821. The number of hydrogen-bond donors (Lipinski definition) is 2. The number of aryl methyl sites for hydroxylation is 1. The zero-order valence-corrected chi connectivity index (χ0v) is 13.9. The molecule has 0 amide bonds. The van der Waals surface area contributed by atoms with Gasteiger partial charge in [-0.1, -0.05) is 24.3 Å². The average molecular weight is 324 g/mol. The molecule has 0 bridgehead atoms. The first-order valence-electron chi connectivity index (χ1n) is 6.79. The molecule has 1 aromatic heterocycles. The fourth-order valence-electron chi connectivity index (χ4n) is 2.06. The van der Waals surface area contributed by atoms with Gasteiger partial charge in [0.1, 0.15) is 0 Å². The third kappa shape index (κ3) is 4.38. The fraction of sp³-hybridized carbons (Fsp3) is 0.333. The van der Waals surface area contributed by atoms with Crippen LogP contribution in [0, 0.1) is 6.92 Å². The van der Waals surface area contributed by atoms with Gasteiger partial charge < -0.3 is 5.32 Å². The molecule has 1 aromatic carbocycles. The van der Waals surface area contributed by atoms with Crippen molar-refractivity contribution < 1.29 is 8.42 Å². The topological polar surface area (TPSA) is 58.2 Å². The maximum atomic E-state index is 12.2. The molecule has 4 nitrogen and oxygen atoms in total. The molecule has 21 heavy (non-hydrogen) atoms. The maximum Gasteiger partial charge on any atom is 0.241 e. The van der Waals surface area contributed by atoms with E-state index < -0.39 is 10.0 Å². The summed E-state index contributed by atoms with van der Waals surface area (Å²) in [5.41, 5.74) is 2.35. The summed E-state index contributed by atoms with van der Waals surface area (Å²) in [6, 6.07) is 9.74. The van der Waals surface area contributed by atoms with Crippen molar-refractivity contribution in [3.8, 4) is 0 Å². The van der Waals surface area contributed by atoms with E-state index in [1.807, 2.05) is 38.2 Å². The van der Waals surface area contributed by atoms with Crippen LogP contribution in [-0.4, -0.2) is 22.0 Å². The highest BCUT2D eigenvalue weighted by Crippen LogP contribution is 2.19. The molecule has 0 saturated carbocycles. The molecule has 0 saturated heterocycles. The lowest BCUT2D eigenvalue weighted by molar-refractivity contribution is 0.582. The van der Waals surface area contributed by atoms with Gasteiger partial charge in [-0.05, 0) is 37.6 Å². The van der Waals surface area contributed by atoms with Gasteiger partial charge in [0.2, 0.25) is 10.0 Å². The number of thiophene rings is 1. The lowest BCUT2D eigenvalue weighted by atomic mass is 10.1. The van der Waals surface area contributed by atoms with Crippen LogP contribution in [0.2, 0.25) is 0 Å². The first-order valence-corrected chi connectivity index (χ1v) is 9.15. The summed E-state index contributed by atoms with van der Waals surface area (Å²) >= 11 is 1.45. The van der Waals surface area contributed by atoms with E-state index in [1.165, 1.54) is 22.5 Å². The minimum atomic E-state index is -3.41. The van der Waals surface area contributed by atoms with Gasteiger partial charge in [-0.2, -0.15) is 0 Å². The van der Waals surface area contributed by atoms with Crippen molar-refractivity contribution in [2.24, 2.45) is 0 Å². The van der Waals surface area contributed by atoms with Crippen LogP contribution in [0.15, 0.2) is 40.6 Å². The van der Waals surface area contributed by atoms with Crippen LogP contribution < -0.4 is 10.0 Å². The first kappa shape index (κ1) is 16.2. The Balaban J connectivity index is 1.96. The molecule has 114 valence electrons. The summed E-state index contributed by atoms with van der Waals surface area (Å²) in [4.78, 5) is 1.36. The molecule has 0 aliphatic carbocycles. The van der Waals surface area contributed by atoms with Gasteiger partial charge in [0.25, 0.3) is 0 Å². The van der Waals surface area contributed by atoms with Crippen LogP contribution in [0.3, 0.4) is 0 Å². The second kappa shape index (κ2) is 7.17. The molecular formula is C15H20N2O2S2. The number of nitrogens with one attached hydrogen (secondary N) is 2. The van der Waals surface area contributed by atoms with Crippen LogP contribution in [0.5, 0.6) is 0 Å². The van der Waals surface area contributed by atoms with E-state index in [0.717, 1.165) is 4.88 Å². The van der Waals surface area contributed by atoms with Gasteiger partial charge in [0.15, 0.2) is 0 Å². The molecule has 0 unspecified atom stereocenters. The van der Waals surface area contributed by atoms with Gasteiger partial charge in [-0.3, -0.25) is 0 Å². The zero-order valence-electron chi connectivity index (χ0n) is 12.2. The Morgan fingerprint density at radius 2 is 2.00 bits per heavy atom. The minimum Gasteiger partial charge on any atom is -0.315 e. The van der Waals surface area contributed by atoms with Crippen LogP contribution >= 0.6 is 11.3 Å². The summed E-state index contributed by atoms with van der Waals surface area (Å²) < 4.78 is 27.1. The average Bonchev–Trinajstić information content (AvgIpc) is 2.91. The summed E-state index contributed by atoms with van der Waals surface area (Å²) in [7, 11) is -1.57. The fourth-order valence-corrected chi connectivity index (χ4v) is 4.38. The predicted molar refractivity (Wildman–Crippen MR) is 87.2 cm³/mol. The largest absolute Gasteiger partial charge is 0.315 e. The highest BCUT2D eigenvalue weighted by molar-refractivity contribution is 7.89. The van der Waals surface area contributed by atoms with Gasteiger partial charge in [0, 0.05) is 23.3 Å². The van der Waals surface area contributed by atoms with Crippen molar-refractivity contribution in [3.63, 3.8) is 0 Å². The SMILES string of the molecule is CNCc1cc(S(=O)(=O)NCCc2ccccc2C)cs1. The highest BCUT2D eigenvalue weighted by Gasteiger charge is 2.15. The smallest absolute Gasteiger partial charge is 0.241 e. The summed E-state index contributed by atoms with van der Waals surface area (Å²) in [6.07, 6.45) is 0.694. The van der Waals surface area contributed by atoms with Gasteiger partial charge in [0.05, 0.1) is 4.90 Å². The summed E-state index contributed by atoms with van der Waals surface area (Å²) in [5.74, 6) is 0. The predicted octanol–water partition coefficient (Wildman–Crippen LogP) is 2.30. The first-order chi connectivity index (χ1) is 10.0. The van der Waals surface area contributed by atoms with E-state index in [1.54, 1.807) is 11.4 Å². The third-order valence-electron chi connectivity index (χ3n) is 3.24. The van der Waals surface area contributed by atoms with Gasteiger partial charge in [-0.25, -0.2) is 13.1 Å². The Labute approximate surface area is 130 Å². The van der Waals surface area contributed by atoms with Crippen LogP contribution in [-0.2, 0) is 23.0 Å². The van der Waals surface area contributed by atoms with E-state index in [0.29, 0.717) is 24.4 Å². The van der Waals surface area contributed by atoms with E-state index in [2.05, 4.69) is 10.0 Å². The van der Waals surface area contributed by atoms with E-state index >= 15 is 0 Å². The number of sulfonamides is 1. The Morgan fingerprint density at radius 1 is 1.24 bits per heavy atom. The molecule has 0 aliphatic rings. The van der Waals surface area contributed by atoms with Crippen molar-refractivity contribution in [2.75, 3.05) is 13.6 Å². The number of rotatable bonds is 7. The van der Waals surface area contributed by atoms with E-state index in [4.69, 9.17) is 0 Å². The minimum absolute atomic E-state index is 0.350. The molecule has 0 aliphatic heterocycles.